The van der Waals surface area contributed by atoms with Crippen molar-refractivity contribution in [3.63, 3.8) is 0 Å². The molecule has 0 amide bonds. The Balaban J connectivity index is 0.000000218. The fourth-order valence-electron chi connectivity index (χ4n) is 1.03. The van der Waals surface area contributed by atoms with Crippen LogP contribution in [0.1, 0.15) is 39.0 Å². The first kappa shape index (κ1) is 11.0. The predicted octanol–water partition coefficient (Wildman–Crippen LogP) is 1.04. The van der Waals surface area contributed by atoms with E-state index in [0.717, 1.165) is 11.8 Å². The van der Waals surface area contributed by atoms with E-state index in [2.05, 4.69) is 15.7 Å². The SMILES string of the molecule is CC(=O)[O-].[Co+][CH]1CCCCC1. The zero-order chi connectivity index (χ0) is 8.69. The summed E-state index contributed by atoms with van der Waals surface area (Å²) in [6, 6.07) is 0. The van der Waals surface area contributed by atoms with Crippen LogP contribution in [0.3, 0.4) is 0 Å². The molecule has 0 N–H and O–H groups in total. The number of hydrogen-bond donors (Lipinski definition) is 0. The van der Waals surface area contributed by atoms with Crippen LogP contribution in [0.4, 0.5) is 0 Å². The van der Waals surface area contributed by atoms with Crippen LogP contribution in [0.5, 0.6) is 0 Å². The summed E-state index contributed by atoms with van der Waals surface area (Å²) in [5, 5.41) is 8.89. The number of rotatable bonds is 0. The van der Waals surface area contributed by atoms with Gasteiger partial charge in [0.05, 0.1) is 0 Å². The molecule has 2 nitrogen and oxygen atoms in total. The quantitative estimate of drug-likeness (QED) is 0.587. The summed E-state index contributed by atoms with van der Waals surface area (Å²) in [5.41, 5.74) is 0. The molecule has 0 aromatic rings. The third-order valence-electron chi connectivity index (χ3n) is 1.51. The van der Waals surface area contributed by atoms with Gasteiger partial charge in [-0.05, 0) is 6.92 Å². The summed E-state index contributed by atoms with van der Waals surface area (Å²) in [4.78, 5) is 9.61. The molecule has 1 saturated carbocycles. The van der Waals surface area contributed by atoms with Gasteiger partial charge in [-0.15, -0.1) is 0 Å². The standard InChI is InChI=1S/C6H11.C2H4O2.Co/c1-2-4-6-5-3-1;1-2(3)4;/h1H,2-6H2;1H3,(H,3,4);/q;;+1/p-1. The molecule has 1 rings (SSSR count). The third kappa shape index (κ3) is 9.98. The first-order valence-corrected chi connectivity index (χ1v) is 4.52. The van der Waals surface area contributed by atoms with Crippen LogP contribution in [0.15, 0.2) is 0 Å². The third-order valence-corrected chi connectivity index (χ3v) is 2.11. The van der Waals surface area contributed by atoms with Crippen LogP contribution in [-0.4, -0.2) is 5.97 Å². The molecule has 0 aromatic heterocycles. The second-order valence-corrected chi connectivity index (χ2v) is 3.54. The van der Waals surface area contributed by atoms with E-state index in [1.54, 1.807) is 0 Å². The van der Waals surface area contributed by atoms with Gasteiger partial charge in [0, 0.05) is 5.97 Å². The van der Waals surface area contributed by atoms with Crippen LogP contribution in [-0.2, 0) is 20.5 Å². The number of carboxylic acid groups (broad SMARTS) is 1. The fourth-order valence-corrected chi connectivity index (χ4v) is 1.46. The number of carboxylic acids is 1. The molecule has 1 aliphatic rings. The maximum atomic E-state index is 8.89. The van der Waals surface area contributed by atoms with Gasteiger partial charge >= 0.3 is 52.7 Å². The Morgan fingerprint density at radius 1 is 1.36 bits per heavy atom. The minimum atomic E-state index is -1.08. The second kappa shape index (κ2) is 6.67. The fraction of sp³-hybridized carbons (Fsp3) is 0.875. The molecular weight excluding hydrogens is 187 g/mol. The van der Waals surface area contributed by atoms with Crippen LogP contribution in [0.25, 0.3) is 0 Å². The number of carbonyl (C=O) groups is 1. The summed E-state index contributed by atoms with van der Waals surface area (Å²) in [6.45, 7) is 0.972. The van der Waals surface area contributed by atoms with Crippen LogP contribution in [0, 0.1) is 0 Å². The van der Waals surface area contributed by atoms with Gasteiger partial charge in [0.25, 0.3) is 0 Å². The Labute approximate surface area is 76.0 Å². The zero-order valence-corrected chi connectivity index (χ0v) is 7.80. The van der Waals surface area contributed by atoms with E-state index in [1.807, 2.05) is 0 Å². The molecule has 0 heterocycles. The van der Waals surface area contributed by atoms with E-state index in [9.17, 15) is 0 Å². The van der Waals surface area contributed by atoms with Gasteiger partial charge in [0.1, 0.15) is 0 Å². The van der Waals surface area contributed by atoms with Crippen molar-refractivity contribution in [2.75, 3.05) is 0 Å². The number of hydrogen-bond acceptors (Lipinski definition) is 2. The van der Waals surface area contributed by atoms with Crippen LogP contribution >= 0.6 is 0 Å². The van der Waals surface area contributed by atoms with E-state index in [0.29, 0.717) is 0 Å². The monoisotopic (exact) mass is 201 g/mol. The van der Waals surface area contributed by atoms with Crippen molar-refractivity contribution in [2.45, 2.75) is 43.9 Å². The molecule has 0 bridgehead atoms. The van der Waals surface area contributed by atoms with Crippen molar-refractivity contribution in [3.8, 4) is 0 Å². The number of carbonyl (C=O) groups excluding carboxylic acids is 1. The molecule has 3 heteroatoms. The molecule has 0 unspecified atom stereocenters. The van der Waals surface area contributed by atoms with E-state index in [4.69, 9.17) is 9.90 Å². The first-order chi connectivity index (χ1) is 5.13. The van der Waals surface area contributed by atoms with Gasteiger partial charge in [0.2, 0.25) is 0 Å². The van der Waals surface area contributed by atoms with Crippen molar-refractivity contribution in [1.29, 1.82) is 0 Å². The molecule has 0 atom stereocenters. The molecule has 11 heavy (non-hydrogen) atoms. The topological polar surface area (TPSA) is 40.1 Å². The predicted molar refractivity (Wildman–Crippen MR) is 37.5 cm³/mol. The maximum absolute atomic E-state index is 8.89. The van der Waals surface area contributed by atoms with E-state index >= 15 is 0 Å². The summed E-state index contributed by atoms with van der Waals surface area (Å²) in [5.74, 6) is -1.08. The van der Waals surface area contributed by atoms with Crippen molar-refractivity contribution in [1.82, 2.24) is 0 Å². The Kier molecular flexibility index (Phi) is 6.66. The minimum absolute atomic E-state index is 0.723. The Morgan fingerprint density at radius 3 is 1.91 bits per heavy atom. The number of aliphatic carboxylic acids is 1. The summed E-state index contributed by atoms with van der Waals surface area (Å²) >= 11 is 4.41. The molecule has 0 spiro atoms. The van der Waals surface area contributed by atoms with Gasteiger partial charge in [-0.1, -0.05) is 0 Å². The van der Waals surface area contributed by atoms with Crippen molar-refractivity contribution in [3.05, 3.63) is 0 Å². The molecular formula is C8H14CoO2. The average Bonchev–Trinajstić information content (AvgIpc) is 1.87. The van der Waals surface area contributed by atoms with Gasteiger partial charge in [0.15, 0.2) is 0 Å². The molecule has 67 valence electrons. The average molecular weight is 201 g/mol. The Hall–Kier alpha value is -0.0235. The normalized spacial score (nSPS) is 18.4. The van der Waals surface area contributed by atoms with E-state index < -0.39 is 5.97 Å². The van der Waals surface area contributed by atoms with Crippen LogP contribution in [0.2, 0.25) is 4.85 Å². The van der Waals surface area contributed by atoms with E-state index in [1.165, 1.54) is 32.1 Å². The van der Waals surface area contributed by atoms with Crippen molar-refractivity contribution >= 4 is 5.97 Å². The van der Waals surface area contributed by atoms with Gasteiger partial charge in [-0.3, -0.25) is 0 Å². The van der Waals surface area contributed by atoms with Gasteiger partial charge in [-0.25, -0.2) is 0 Å². The Bertz CT molecular complexity index is 105. The molecule has 1 fully saturated rings. The van der Waals surface area contributed by atoms with Crippen molar-refractivity contribution < 1.29 is 25.6 Å². The van der Waals surface area contributed by atoms with Gasteiger partial charge in [-0.2, -0.15) is 0 Å². The Morgan fingerprint density at radius 2 is 1.73 bits per heavy atom. The summed E-state index contributed by atoms with van der Waals surface area (Å²) < 4.78 is 0. The van der Waals surface area contributed by atoms with Gasteiger partial charge < -0.3 is 9.90 Å². The molecule has 0 aromatic carbocycles. The second-order valence-electron chi connectivity index (χ2n) is 2.69. The summed E-state index contributed by atoms with van der Waals surface area (Å²) in [7, 11) is 0. The molecule has 0 saturated heterocycles. The molecule has 1 aliphatic carbocycles. The summed E-state index contributed by atoms with van der Waals surface area (Å²) in [6.07, 6.45) is 6.95. The molecule has 0 aliphatic heterocycles. The van der Waals surface area contributed by atoms with Crippen LogP contribution < -0.4 is 5.11 Å². The molecule has 0 radical (unpaired) electrons. The van der Waals surface area contributed by atoms with Crippen molar-refractivity contribution in [2.24, 2.45) is 0 Å². The van der Waals surface area contributed by atoms with E-state index in [-0.39, 0.29) is 0 Å². The zero-order valence-electron chi connectivity index (χ0n) is 6.76. The first-order valence-electron chi connectivity index (χ1n) is 3.92.